The Kier molecular flexibility index (Phi) is 5.59. The highest BCUT2D eigenvalue weighted by Gasteiger charge is 2.07. The van der Waals surface area contributed by atoms with Crippen molar-refractivity contribution < 1.29 is 14.3 Å². The summed E-state index contributed by atoms with van der Waals surface area (Å²) >= 11 is 0. The first kappa shape index (κ1) is 16.4. The zero-order chi connectivity index (χ0) is 16.7. The molecule has 2 aromatic carbocycles. The molecule has 23 heavy (non-hydrogen) atoms. The summed E-state index contributed by atoms with van der Waals surface area (Å²) in [5, 5.41) is 0. The van der Waals surface area contributed by atoms with Gasteiger partial charge in [-0.2, -0.15) is 4.99 Å². The van der Waals surface area contributed by atoms with Crippen LogP contribution in [0.15, 0.2) is 46.4 Å². The van der Waals surface area contributed by atoms with Crippen LogP contribution in [0.2, 0.25) is 0 Å². The van der Waals surface area contributed by atoms with E-state index in [1.807, 2.05) is 31.2 Å². The van der Waals surface area contributed by atoms with Crippen LogP contribution in [0.25, 0.3) is 11.1 Å². The van der Waals surface area contributed by atoms with E-state index >= 15 is 0 Å². The Morgan fingerprint density at radius 1 is 1.04 bits per heavy atom. The Labute approximate surface area is 134 Å². The second-order valence-corrected chi connectivity index (χ2v) is 4.95. The topological polar surface area (TPSA) is 68.1 Å². The number of hydrogen-bond donors (Lipinski definition) is 0. The molecular weight excluding hydrogens is 292 g/mol. The maximum Gasteiger partial charge on any atom is 0.240 e. The van der Waals surface area contributed by atoms with Gasteiger partial charge in [0.15, 0.2) is 0 Å². The summed E-state index contributed by atoms with van der Waals surface area (Å²) in [6, 6.07) is 11.5. The summed E-state index contributed by atoms with van der Waals surface area (Å²) in [5.74, 6) is 0.521. The largest absolute Gasteiger partial charge is 0.494 e. The van der Waals surface area contributed by atoms with Crippen LogP contribution in [0, 0.1) is 6.92 Å². The van der Waals surface area contributed by atoms with Gasteiger partial charge < -0.3 is 4.74 Å². The van der Waals surface area contributed by atoms with Gasteiger partial charge >= 0.3 is 0 Å². The molecule has 0 bridgehead atoms. The molecule has 0 atom stereocenters. The number of methoxy groups -OCH3 is 1. The van der Waals surface area contributed by atoms with E-state index in [-0.39, 0.29) is 0 Å². The predicted octanol–water partition coefficient (Wildman–Crippen LogP) is 3.52. The Morgan fingerprint density at radius 2 is 1.78 bits per heavy atom. The molecule has 0 amide bonds. The lowest BCUT2D eigenvalue weighted by atomic mass is 9.98. The fourth-order valence-corrected chi connectivity index (χ4v) is 2.38. The van der Waals surface area contributed by atoms with Gasteiger partial charge in [-0.1, -0.05) is 24.3 Å². The van der Waals surface area contributed by atoms with Crippen molar-refractivity contribution in [2.75, 3.05) is 13.7 Å². The number of ether oxygens (including phenoxy) is 1. The first-order valence-corrected chi connectivity index (χ1v) is 7.09. The van der Waals surface area contributed by atoms with Crippen molar-refractivity contribution in [2.24, 2.45) is 9.98 Å². The average molecular weight is 308 g/mol. The van der Waals surface area contributed by atoms with Crippen LogP contribution >= 0.6 is 0 Å². The van der Waals surface area contributed by atoms with Gasteiger partial charge in [0.05, 0.1) is 13.7 Å². The van der Waals surface area contributed by atoms with Gasteiger partial charge in [0.25, 0.3) is 0 Å². The van der Waals surface area contributed by atoms with Gasteiger partial charge in [-0.3, -0.25) is 0 Å². The summed E-state index contributed by atoms with van der Waals surface area (Å²) in [5.41, 5.74) is 4.71. The monoisotopic (exact) mass is 308 g/mol. The highest BCUT2D eigenvalue weighted by atomic mass is 16.5. The summed E-state index contributed by atoms with van der Waals surface area (Å²) in [6.45, 7) is 2.46. The normalized spacial score (nSPS) is 9.65. The number of aliphatic imine (C=N–C) groups is 2. The van der Waals surface area contributed by atoms with Gasteiger partial charge in [0.2, 0.25) is 12.2 Å². The van der Waals surface area contributed by atoms with Crippen molar-refractivity contribution in [3.63, 3.8) is 0 Å². The highest BCUT2D eigenvalue weighted by molar-refractivity contribution is 5.71. The fraction of sp³-hybridized carbons (Fsp3) is 0.222. The summed E-state index contributed by atoms with van der Waals surface area (Å²) < 4.78 is 5.26. The molecule has 0 unspecified atom stereocenters. The molecule has 0 aromatic heterocycles. The quantitative estimate of drug-likeness (QED) is 0.605. The smallest absolute Gasteiger partial charge is 0.240 e. The van der Waals surface area contributed by atoms with Crippen molar-refractivity contribution in [3.8, 4) is 16.9 Å². The van der Waals surface area contributed by atoms with Crippen molar-refractivity contribution in [2.45, 2.75) is 13.3 Å². The van der Waals surface area contributed by atoms with E-state index in [0.29, 0.717) is 24.4 Å². The van der Waals surface area contributed by atoms with Crippen LogP contribution in [0.5, 0.6) is 5.75 Å². The first-order chi connectivity index (χ1) is 11.2. The van der Waals surface area contributed by atoms with E-state index in [1.165, 1.54) is 13.2 Å². The average Bonchev–Trinajstić information content (AvgIpc) is 2.57. The first-order valence-electron chi connectivity index (χ1n) is 7.09. The van der Waals surface area contributed by atoms with E-state index in [2.05, 4.69) is 16.1 Å². The summed E-state index contributed by atoms with van der Waals surface area (Å²) in [4.78, 5) is 27.7. The van der Waals surface area contributed by atoms with Crippen molar-refractivity contribution in [1.82, 2.24) is 0 Å². The summed E-state index contributed by atoms with van der Waals surface area (Å²) in [7, 11) is 1.53. The molecule has 0 aliphatic heterocycles. The second kappa shape index (κ2) is 7.85. The lowest BCUT2D eigenvalue weighted by Gasteiger charge is -2.10. The standard InChI is InChI=1S/C18H16N2O3/c1-13-9-15(4-3-14(13)7-8-19-11-21)16-5-6-17(20-12-22)18(10-16)23-2/h3-6,9-10H,7-8H2,1-2H3. The molecule has 0 radical (unpaired) electrons. The number of carbonyl (C=O) groups excluding carboxylic acids is 2. The Hall–Kier alpha value is -3.00. The van der Waals surface area contributed by atoms with Gasteiger partial charge in [-0.05, 0) is 47.7 Å². The number of isocyanates is 2. The molecule has 0 N–H and O–H groups in total. The molecular formula is C18H16N2O3. The van der Waals surface area contributed by atoms with E-state index in [1.54, 1.807) is 12.1 Å². The summed E-state index contributed by atoms with van der Waals surface area (Å²) in [6.07, 6.45) is 3.77. The number of rotatable bonds is 6. The Balaban J connectivity index is 2.33. The number of hydrogen-bond acceptors (Lipinski definition) is 5. The minimum absolute atomic E-state index is 0.440. The molecule has 0 spiro atoms. The third kappa shape index (κ3) is 4.01. The Bertz CT molecular complexity index is 802. The number of benzene rings is 2. The Morgan fingerprint density at radius 3 is 2.43 bits per heavy atom. The third-order valence-corrected chi connectivity index (χ3v) is 3.58. The molecule has 2 rings (SSSR count). The van der Waals surface area contributed by atoms with Crippen LogP contribution in [0.1, 0.15) is 11.1 Å². The lowest BCUT2D eigenvalue weighted by Crippen LogP contribution is -1.94. The molecule has 0 aliphatic carbocycles. The van der Waals surface area contributed by atoms with Crippen LogP contribution in [-0.2, 0) is 16.0 Å². The third-order valence-electron chi connectivity index (χ3n) is 3.58. The molecule has 0 heterocycles. The highest BCUT2D eigenvalue weighted by Crippen LogP contribution is 2.33. The SMILES string of the molecule is COc1cc(-c2ccc(CCN=C=O)c(C)c2)ccc1N=C=O. The minimum atomic E-state index is 0.440. The lowest BCUT2D eigenvalue weighted by molar-refractivity contribution is 0.416. The van der Waals surface area contributed by atoms with Crippen LogP contribution in [0.4, 0.5) is 5.69 Å². The molecule has 5 nitrogen and oxygen atoms in total. The zero-order valence-corrected chi connectivity index (χ0v) is 13.0. The molecule has 2 aromatic rings. The molecule has 0 saturated heterocycles. The van der Waals surface area contributed by atoms with Gasteiger partial charge in [0, 0.05) is 0 Å². The molecule has 116 valence electrons. The van der Waals surface area contributed by atoms with Crippen LogP contribution in [-0.4, -0.2) is 25.8 Å². The maximum absolute atomic E-state index is 10.4. The molecule has 0 aliphatic rings. The van der Waals surface area contributed by atoms with E-state index < -0.39 is 0 Å². The molecule has 0 saturated carbocycles. The van der Waals surface area contributed by atoms with Gasteiger partial charge in [-0.25, -0.2) is 14.6 Å². The van der Waals surface area contributed by atoms with Gasteiger partial charge in [-0.15, -0.1) is 0 Å². The van der Waals surface area contributed by atoms with Gasteiger partial charge in [0.1, 0.15) is 11.4 Å². The maximum atomic E-state index is 10.4. The van der Waals surface area contributed by atoms with E-state index in [0.717, 1.165) is 22.3 Å². The number of aryl methyl sites for hydroxylation is 1. The molecule has 5 heteroatoms. The van der Waals surface area contributed by atoms with Crippen molar-refractivity contribution in [1.29, 1.82) is 0 Å². The van der Waals surface area contributed by atoms with E-state index in [4.69, 9.17) is 4.74 Å². The second-order valence-electron chi connectivity index (χ2n) is 4.95. The minimum Gasteiger partial charge on any atom is -0.494 e. The van der Waals surface area contributed by atoms with Crippen LogP contribution < -0.4 is 4.74 Å². The van der Waals surface area contributed by atoms with Crippen molar-refractivity contribution in [3.05, 3.63) is 47.5 Å². The van der Waals surface area contributed by atoms with Crippen molar-refractivity contribution >= 4 is 17.8 Å². The number of nitrogens with zero attached hydrogens (tertiary/aromatic N) is 2. The van der Waals surface area contributed by atoms with E-state index in [9.17, 15) is 9.59 Å². The molecule has 0 fully saturated rings. The fourth-order valence-electron chi connectivity index (χ4n) is 2.38. The zero-order valence-electron chi connectivity index (χ0n) is 13.0. The predicted molar refractivity (Wildman–Crippen MR) is 87.6 cm³/mol. The van der Waals surface area contributed by atoms with Crippen LogP contribution in [0.3, 0.4) is 0 Å².